The van der Waals surface area contributed by atoms with Crippen LogP contribution in [-0.2, 0) is 9.53 Å². The molecule has 18 heavy (non-hydrogen) atoms. The maximum atomic E-state index is 11.8. The standard InChI is InChI=1S/C14H27NO3/c1-10(13(3,4)5)8-12(16)15-9-14(17)6-7-18-11(14)2/h10-11,17H,6-9H2,1-5H3,(H,15,16). The van der Waals surface area contributed by atoms with Gasteiger partial charge in [-0.15, -0.1) is 0 Å². The molecule has 1 saturated heterocycles. The zero-order chi connectivity index (χ0) is 14.0. The van der Waals surface area contributed by atoms with Crippen molar-refractivity contribution >= 4 is 5.91 Å². The highest BCUT2D eigenvalue weighted by atomic mass is 16.5. The Morgan fingerprint density at radius 2 is 2.17 bits per heavy atom. The van der Waals surface area contributed by atoms with Gasteiger partial charge in [0.15, 0.2) is 0 Å². The van der Waals surface area contributed by atoms with Crippen LogP contribution in [0.15, 0.2) is 0 Å². The molecule has 0 aromatic rings. The molecule has 0 aliphatic carbocycles. The van der Waals surface area contributed by atoms with E-state index in [0.29, 0.717) is 25.4 Å². The number of aliphatic hydroxyl groups is 1. The van der Waals surface area contributed by atoms with Gasteiger partial charge < -0.3 is 15.2 Å². The minimum atomic E-state index is -0.902. The van der Waals surface area contributed by atoms with Gasteiger partial charge in [0.1, 0.15) is 5.60 Å². The SMILES string of the molecule is CC(CC(=O)NCC1(O)CCOC1C)C(C)(C)C. The third-order valence-corrected chi connectivity index (χ3v) is 4.22. The van der Waals surface area contributed by atoms with Crippen LogP contribution in [0.25, 0.3) is 0 Å². The second kappa shape index (κ2) is 5.57. The van der Waals surface area contributed by atoms with E-state index >= 15 is 0 Å². The van der Waals surface area contributed by atoms with E-state index in [0.717, 1.165) is 0 Å². The third-order valence-electron chi connectivity index (χ3n) is 4.22. The lowest BCUT2D eigenvalue weighted by Gasteiger charge is -2.29. The quantitative estimate of drug-likeness (QED) is 0.806. The van der Waals surface area contributed by atoms with E-state index in [4.69, 9.17) is 4.74 Å². The first-order chi connectivity index (χ1) is 8.15. The molecule has 1 aliphatic rings. The number of hydrogen-bond acceptors (Lipinski definition) is 3. The number of ether oxygens (including phenoxy) is 1. The molecule has 3 atom stereocenters. The summed E-state index contributed by atoms with van der Waals surface area (Å²) in [6.45, 7) is 11.2. The molecule has 0 aromatic carbocycles. The summed E-state index contributed by atoms with van der Waals surface area (Å²) in [5.74, 6) is 0.314. The number of amides is 1. The summed E-state index contributed by atoms with van der Waals surface area (Å²) < 4.78 is 5.33. The molecule has 2 N–H and O–H groups in total. The minimum absolute atomic E-state index is 0.00458. The Labute approximate surface area is 110 Å². The van der Waals surface area contributed by atoms with Gasteiger partial charge in [0.25, 0.3) is 0 Å². The van der Waals surface area contributed by atoms with E-state index in [-0.39, 0.29) is 24.0 Å². The molecule has 0 radical (unpaired) electrons. The summed E-state index contributed by atoms with van der Waals surface area (Å²) >= 11 is 0. The Balaban J connectivity index is 2.38. The number of carbonyl (C=O) groups excluding carboxylic acids is 1. The predicted octanol–water partition coefficient (Wildman–Crippen LogP) is 1.71. The molecule has 4 heteroatoms. The van der Waals surface area contributed by atoms with Crippen molar-refractivity contribution in [1.82, 2.24) is 5.32 Å². The van der Waals surface area contributed by atoms with Crippen molar-refractivity contribution in [3.05, 3.63) is 0 Å². The molecule has 3 unspecified atom stereocenters. The molecular weight excluding hydrogens is 230 g/mol. The van der Waals surface area contributed by atoms with E-state index in [2.05, 4.69) is 33.0 Å². The monoisotopic (exact) mass is 257 g/mol. The van der Waals surface area contributed by atoms with E-state index in [1.165, 1.54) is 0 Å². The van der Waals surface area contributed by atoms with Crippen LogP contribution in [0.4, 0.5) is 0 Å². The zero-order valence-corrected chi connectivity index (χ0v) is 12.2. The van der Waals surface area contributed by atoms with Gasteiger partial charge in [-0.05, 0) is 18.3 Å². The largest absolute Gasteiger partial charge is 0.385 e. The second-order valence-electron chi connectivity index (χ2n) is 6.61. The van der Waals surface area contributed by atoms with E-state index in [9.17, 15) is 9.90 Å². The van der Waals surface area contributed by atoms with Crippen molar-refractivity contribution in [3.63, 3.8) is 0 Å². The summed E-state index contributed by atoms with van der Waals surface area (Å²) in [5.41, 5.74) is -0.779. The predicted molar refractivity (Wildman–Crippen MR) is 71.2 cm³/mol. The van der Waals surface area contributed by atoms with Crippen molar-refractivity contribution in [1.29, 1.82) is 0 Å². The lowest BCUT2D eigenvalue weighted by molar-refractivity contribution is -0.124. The van der Waals surface area contributed by atoms with E-state index in [1.54, 1.807) is 0 Å². The first kappa shape index (κ1) is 15.4. The smallest absolute Gasteiger partial charge is 0.220 e. The number of hydrogen-bond donors (Lipinski definition) is 2. The van der Waals surface area contributed by atoms with Crippen LogP contribution in [0, 0.1) is 11.3 Å². The van der Waals surface area contributed by atoms with Crippen LogP contribution in [0.3, 0.4) is 0 Å². The highest BCUT2D eigenvalue weighted by Gasteiger charge is 2.39. The fourth-order valence-corrected chi connectivity index (χ4v) is 1.91. The van der Waals surface area contributed by atoms with Gasteiger partial charge in [0, 0.05) is 26.0 Å². The molecule has 0 bridgehead atoms. The van der Waals surface area contributed by atoms with Crippen LogP contribution in [-0.4, -0.2) is 35.9 Å². The normalized spacial score (nSPS) is 30.2. The fourth-order valence-electron chi connectivity index (χ4n) is 1.91. The Hall–Kier alpha value is -0.610. The third kappa shape index (κ3) is 3.95. The van der Waals surface area contributed by atoms with Crippen molar-refractivity contribution < 1.29 is 14.6 Å². The van der Waals surface area contributed by atoms with Crippen molar-refractivity contribution in [3.8, 4) is 0 Å². The summed E-state index contributed by atoms with van der Waals surface area (Å²) in [7, 11) is 0. The number of nitrogens with one attached hydrogen (secondary N) is 1. The molecule has 1 fully saturated rings. The van der Waals surface area contributed by atoms with Gasteiger partial charge in [-0.3, -0.25) is 4.79 Å². The first-order valence-corrected chi connectivity index (χ1v) is 6.76. The molecule has 0 aromatic heterocycles. The molecule has 0 saturated carbocycles. The molecule has 4 nitrogen and oxygen atoms in total. The topological polar surface area (TPSA) is 58.6 Å². The Bertz CT molecular complexity index is 298. The Morgan fingerprint density at radius 3 is 2.61 bits per heavy atom. The molecule has 106 valence electrons. The van der Waals surface area contributed by atoms with E-state index in [1.807, 2.05) is 6.92 Å². The highest BCUT2D eigenvalue weighted by Crippen LogP contribution is 2.28. The van der Waals surface area contributed by atoms with Gasteiger partial charge in [-0.1, -0.05) is 27.7 Å². The molecular formula is C14H27NO3. The molecule has 1 aliphatic heterocycles. The summed E-state index contributed by atoms with van der Waals surface area (Å²) in [4.78, 5) is 11.8. The Morgan fingerprint density at radius 1 is 1.56 bits per heavy atom. The summed E-state index contributed by atoms with van der Waals surface area (Å²) in [5, 5.41) is 13.1. The minimum Gasteiger partial charge on any atom is -0.385 e. The lowest BCUT2D eigenvalue weighted by Crippen LogP contribution is -2.47. The van der Waals surface area contributed by atoms with Gasteiger partial charge in [0.2, 0.25) is 5.91 Å². The fraction of sp³-hybridized carbons (Fsp3) is 0.929. The molecule has 0 spiro atoms. The maximum absolute atomic E-state index is 11.8. The molecule has 1 amide bonds. The van der Waals surface area contributed by atoms with Crippen molar-refractivity contribution in [2.24, 2.45) is 11.3 Å². The Kier molecular flexibility index (Phi) is 4.78. The average Bonchev–Trinajstić information content (AvgIpc) is 2.56. The van der Waals surface area contributed by atoms with Gasteiger partial charge in [-0.2, -0.15) is 0 Å². The van der Waals surface area contributed by atoms with Crippen molar-refractivity contribution in [2.45, 2.75) is 59.2 Å². The molecule has 1 heterocycles. The van der Waals surface area contributed by atoms with Gasteiger partial charge in [0.05, 0.1) is 6.10 Å². The van der Waals surface area contributed by atoms with Gasteiger partial charge >= 0.3 is 0 Å². The number of carbonyl (C=O) groups is 1. The average molecular weight is 257 g/mol. The molecule has 1 rings (SSSR count). The maximum Gasteiger partial charge on any atom is 0.220 e. The van der Waals surface area contributed by atoms with Crippen LogP contribution < -0.4 is 5.32 Å². The second-order valence-corrected chi connectivity index (χ2v) is 6.61. The number of rotatable bonds is 4. The van der Waals surface area contributed by atoms with Crippen LogP contribution in [0.2, 0.25) is 0 Å². The van der Waals surface area contributed by atoms with E-state index < -0.39 is 5.60 Å². The summed E-state index contributed by atoms with van der Waals surface area (Å²) in [6.07, 6.45) is 0.871. The highest BCUT2D eigenvalue weighted by molar-refractivity contribution is 5.76. The summed E-state index contributed by atoms with van der Waals surface area (Å²) in [6, 6.07) is 0. The van der Waals surface area contributed by atoms with Crippen molar-refractivity contribution in [2.75, 3.05) is 13.2 Å². The van der Waals surface area contributed by atoms with Crippen LogP contribution >= 0.6 is 0 Å². The zero-order valence-electron chi connectivity index (χ0n) is 12.2. The van der Waals surface area contributed by atoms with Gasteiger partial charge in [-0.25, -0.2) is 0 Å². The first-order valence-electron chi connectivity index (χ1n) is 6.76. The van der Waals surface area contributed by atoms with Crippen LogP contribution in [0.1, 0.15) is 47.5 Å². The van der Waals surface area contributed by atoms with Crippen LogP contribution in [0.5, 0.6) is 0 Å². The lowest BCUT2D eigenvalue weighted by atomic mass is 9.80.